The number of nitrogens with one attached hydrogen (secondary N) is 1. The number of hydrogen-bond donors (Lipinski definition) is 1. The second kappa shape index (κ2) is 10.3. The first kappa shape index (κ1) is 21.3. The van der Waals surface area contributed by atoms with Crippen LogP contribution in [-0.2, 0) is 14.3 Å². The number of rotatable bonds is 9. The molecule has 2 aromatic carbocycles. The van der Waals surface area contributed by atoms with E-state index >= 15 is 0 Å². The highest BCUT2D eigenvalue weighted by molar-refractivity contribution is 5.97. The third kappa shape index (κ3) is 6.61. The van der Waals surface area contributed by atoms with Crippen LogP contribution < -0.4 is 5.32 Å². The molecule has 1 N–H and O–H groups in total. The van der Waals surface area contributed by atoms with E-state index in [0.717, 1.165) is 11.1 Å². The molecule has 5 nitrogen and oxygen atoms in total. The Balaban J connectivity index is 1.75. The topological polar surface area (TPSA) is 72.5 Å². The van der Waals surface area contributed by atoms with Crippen molar-refractivity contribution >= 4 is 17.7 Å². The molecule has 0 saturated heterocycles. The molecule has 28 heavy (non-hydrogen) atoms. The van der Waals surface area contributed by atoms with Gasteiger partial charge in [0.1, 0.15) is 5.82 Å². The fourth-order valence-electron chi connectivity index (χ4n) is 2.67. The summed E-state index contributed by atoms with van der Waals surface area (Å²) in [5, 5.41) is 2.84. The molecule has 0 aliphatic carbocycles. The van der Waals surface area contributed by atoms with Gasteiger partial charge in [-0.1, -0.05) is 36.8 Å². The van der Waals surface area contributed by atoms with E-state index in [1.807, 2.05) is 38.1 Å². The number of ketones is 1. The van der Waals surface area contributed by atoms with Crippen molar-refractivity contribution in [3.63, 3.8) is 0 Å². The van der Waals surface area contributed by atoms with Crippen LogP contribution in [0.4, 0.5) is 4.39 Å². The second-order valence-electron chi connectivity index (χ2n) is 6.53. The molecule has 148 valence electrons. The van der Waals surface area contributed by atoms with Crippen molar-refractivity contribution in [1.82, 2.24) is 5.32 Å². The van der Waals surface area contributed by atoms with Gasteiger partial charge in [-0.05, 0) is 43.2 Å². The summed E-state index contributed by atoms with van der Waals surface area (Å²) in [4.78, 5) is 35.8. The number of ether oxygens (including phenoxy) is 1. The summed E-state index contributed by atoms with van der Waals surface area (Å²) in [6.45, 7) is 3.55. The Morgan fingerprint density at radius 2 is 1.64 bits per heavy atom. The van der Waals surface area contributed by atoms with Gasteiger partial charge in [0.05, 0.1) is 12.5 Å². The van der Waals surface area contributed by atoms with Gasteiger partial charge in [0.15, 0.2) is 12.4 Å². The molecule has 0 radical (unpaired) electrons. The molecular weight excluding hydrogens is 361 g/mol. The van der Waals surface area contributed by atoms with Crippen molar-refractivity contribution in [3.8, 4) is 0 Å². The Kier molecular flexibility index (Phi) is 7.87. The predicted molar refractivity (Wildman–Crippen MR) is 103 cm³/mol. The predicted octanol–water partition coefficient (Wildman–Crippen LogP) is 3.91. The molecular formula is C22H24FNO4. The highest BCUT2D eigenvalue weighted by atomic mass is 19.1. The van der Waals surface area contributed by atoms with E-state index in [4.69, 9.17) is 4.74 Å². The minimum atomic E-state index is -0.631. The number of esters is 1. The molecule has 6 heteroatoms. The fraction of sp³-hybridized carbons (Fsp3) is 0.318. The SMILES string of the molecule is CC[C@@H](NC(=O)COC(=O)CCC(=O)c1ccc(F)cc1)c1ccc(C)cc1. The summed E-state index contributed by atoms with van der Waals surface area (Å²) in [7, 11) is 0. The van der Waals surface area contributed by atoms with Crippen LogP contribution in [0.3, 0.4) is 0 Å². The van der Waals surface area contributed by atoms with Crippen molar-refractivity contribution in [3.05, 3.63) is 71.0 Å². The number of hydrogen-bond acceptors (Lipinski definition) is 4. The Morgan fingerprint density at radius 3 is 2.25 bits per heavy atom. The van der Waals surface area contributed by atoms with Crippen molar-refractivity contribution < 1.29 is 23.5 Å². The maximum atomic E-state index is 12.9. The van der Waals surface area contributed by atoms with Crippen LogP contribution in [0.1, 0.15) is 53.7 Å². The van der Waals surface area contributed by atoms with E-state index in [9.17, 15) is 18.8 Å². The van der Waals surface area contributed by atoms with Crippen LogP contribution in [-0.4, -0.2) is 24.3 Å². The normalized spacial score (nSPS) is 11.5. The highest BCUT2D eigenvalue weighted by Gasteiger charge is 2.15. The quantitative estimate of drug-likeness (QED) is 0.525. The number of benzene rings is 2. The first-order valence-corrected chi connectivity index (χ1v) is 9.19. The Morgan fingerprint density at radius 1 is 1.00 bits per heavy atom. The van der Waals surface area contributed by atoms with Gasteiger partial charge in [-0.2, -0.15) is 0 Å². The van der Waals surface area contributed by atoms with Crippen LogP contribution in [0, 0.1) is 12.7 Å². The molecule has 0 bridgehead atoms. The summed E-state index contributed by atoms with van der Waals surface area (Å²) in [6, 6.07) is 12.8. The lowest BCUT2D eigenvalue weighted by Gasteiger charge is -2.17. The standard InChI is InChI=1S/C22H24FNO4/c1-3-19(16-6-4-15(2)5-7-16)24-21(26)14-28-22(27)13-12-20(25)17-8-10-18(23)11-9-17/h4-11,19H,3,12-14H2,1-2H3,(H,24,26)/t19-/m1/s1. The molecule has 0 spiro atoms. The monoisotopic (exact) mass is 385 g/mol. The molecule has 1 atom stereocenters. The van der Waals surface area contributed by atoms with Gasteiger partial charge in [-0.25, -0.2) is 4.39 Å². The second-order valence-corrected chi connectivity index (χ2v) is 6.53. The average molecular weight is 385 g/mol. The van der Waals surface area contributed by atoms with E-state index < -0.39 is 24.3 Å². The van der Waals surface area contributed by atoms with Gasteiger partial charge in [-0.15, -0.1) is 0 Å². The first-order chi connectivity index (χ1) is 13.4. The molecule has 0 aliphatic rings. The summed E-state index contributed by atoms with van der Waals surface area (Å²) >= 11 is 0. The van der Waals surface area contributed by atoms with Gasteiger partial charge in [-0.3, -0.25) is 14.4 Å². The average Bonchev–Trinajstić information content (AvgIpc) is 2.70. The summed E-state index contributed by atoms with van der Waals surface area (Å²) in [6.07, 6.45) is 0.501. The lowest BCUT2D eigenvalue weighted by Crippen LogP contribution is -2.32. The van der Waals surface area contributed by atoms with E-state index in [2.05, 4.69) is 5.32 Å². The smallest absolute Gasteiger partial charge is 0.306 e. The Hall–Kier alpha value is -3.02. The van der Waals surface area contributed by atoms with Gasteiger partial charge >= 0.3 is 5.97 Å². The van der Waals surface area contributed by atoms with Gasteiger partial charge in [0.25, 0.3) is 5.91 Å². The Labute approximate surface area is 163 Å². The number of aryl methyl sites for hydroxylation is 1. The van der Waals surface area contributed by atoms with Crippen LogP contribution in [0.5, 0.6) is 0 Å². The third-order valence-corrected chi connectivity index (χ3v) is 4.31. The highest BCUT2D eigenvalue weighted by Crippen LogP contribution is 2.17. The van der Waals surface area contributed by atoms with Crippen molar-refractivity contribution in [2.45, 2.75) is 39.2 Å². The molecule has 0 fully saturated rings. The molecule has 2 aromatic rings. The minimum absolute atomic E-state index is 0.0625. The number of carbonyl (C=O) groups is 3. The Bertz CT molecular complexity index is 815. The first-order valence-electron chi connectivity index (χ1n) is 9.19. The summed E-state index contributed by atoms with van der Waals surface area (Å²) < 4.78 is 17.8. The van der Waals surface area contributed by atoms with Crippen LogP contribution in [0.2, 0.25) is 0 Å². The van der Waals surface area contributed by atoms with Crippen molar-refractivity contribution in [1.29, 1.82) is 0 Å². The largest absolute Gasteiger partial charge is 0.456 e. The number of Topliss-reactive ketones (excluding diaryl/α,β-unsaturated/α-hetero) is 1. The molecule has 0 unspecified atom stereocenters. The molecule has 1 amide bonds. The van der Waals surface area contributed by atoms with Crippen molar-refractivity contribution in [2.75, 3.05) is 6.61 Å². The molecule has 2 rings (SSSR count). The molecule has 0 saturated carbocycles. The van der Waals surface area contributed by atoms with Gasteiger partial charge in [0.2, 0.25) is 0 Å². The minimum Gasteiger partial charge on any atom is -0.456 e. The molecule has 0 heterocycles. The van der Waals surface area contributed by atoms with Crippen LogP contribution in [0.15, 0.2) is 48.5 Å². The van der Waals surface area contributed by atoms with E-state index in [1.54, 1.807) is 0 Å². The van der Waals surface area contributed by atoms with Crippen molar-refractivity contribution in [2.24, 2.45) is 0 Å². The maximum Gasteiger partial charge on any atom is 0.306 e. The zero-order valence-corrected chi connectivity index (χ0v) is 16.0. The van der Waals surface area contributed by atoms with E-state index in [1.165, 1.54) is 24.3 Å². The fourth-order valence-corrected chi connectivity index (χ4v) is 2.67. The maximum absolute atomic E-state index is 12.9. The molecule has 0 aliphatic heterocycles. The number of halogens is 1. The molecule has 0 aromatic heterocycles. The van der Waals surface area contributed by atoms with E-state index in [0.29, 0.717) is 12.0 Å². The zero-order chi connectivity index (χ0) is 20.5. The summed E-state index contributed by atoms with van der Waals surface area (Å²) in [5.41, 5.74) is 2.45. The number of amides is 1. The third-order valence-electron chi connectivity index (χ3n) is 4.31. The lowest BCUT2D eigenvalue weighted by atomic mass is 10.0. The summed E-state index contributed by atoms with van der Waals surface area (Å²) in [5.74, 6) is -1.75. The lowest BCUT2D eigenvalue weighted by molar-refractivity contribution is -0.148. The number of carbonyl (C=O) groups excluding carboxylic acids is 3. The van der Waals surface area contributed by atoms with E-state index in [-0.39, 0.29) is 24.7 Å². The van der Waals surface area contributed by atoms with Crippen LogP contribution >= 0.6 is 0 Å². The van der Waals surface area contributed by atoms with Gasteiger partial charge < -0.3 is 10.1 Å². The zero-order valence-electron chi connectivity index (χ0n) is 16.0. The van der Waals surface area contributed by atoms with Gasteiger partial charge in [0, 0.05) is 12.0 Å². The van der Waals surface area contributed by atoms with Crippen LogP contribution in [0.25, 0.3) is 0 Å².